The van der Waals surface area contributed by atoms with Crippen molar-refractivity contribution in [3.8, 4) is 0 Å². The molecule has 1 saturated carbocycles. The van der Waals surface area contributed by atoms with Gasteiger partial charge in [-0.25, -0.2) is 18.5 Å². The highest BCUT2D eigenvalue weighted by Crippen LogP contribution is 2.47. The van der Waals surface area contributed by atoms with E-state index in [0.717, 1.165) is 43.3 Å². The fraction of sp³-hybridized carbons (Fsp3) is 0.476. The van der Waals surface area contributed by atoms with Crippen LogP contribution in [0.3, 0.4) is 0 Å². The molecule has 0 unspecified atom stereocenters. The highest BCUT2D eigenvalue weighted by molar-refractivity contribution is 14.0. The zero-order valence-corrected chi connectivity index (χ0v) is 20.1. The number of nitrogens with one attached hydrogen (secondary N) is 1. The number of hydrogen-bond acceptors (Lipinski definition) is 4. The van der Waals surface area contributed by atoms with Crippen molar-refractivity contribution in [3.63, 3.8) is 0 Å². The standard InChI is InChI=1S/C21H28N4O3S.HI/c22-29(26,27)19-6-4-17(5-7-19)15-24-20(23-12-8-18-3-1-14-28-18)25-13-11-21(16-25)9-2-10-21;/h1,3-7,14H,2,8-13,15-16H2,(H,23,24)(H2,22,26,27);1H. The van der Waals surface area contributed by atoms with E-state index < -0.39 is 10.0 Å². The lowest BCUT2D eigenvalue weighted by Crippen LogP contribution is -2.43. The maximum Gasteiger partial charge on any atom is 0.238 e. The SMILES string of the molecule is I.NS(=O)(=O)c1ccc(CN=C(NCCc2ccco2)N2CCC3(CCC3)C2)cc1. The van der Waals surface area contributed by atoms with Gasteiger partial charge >= 0.3 is 0 Å². The number of hydrogen-bond donors (Lipinski definition) is 2. The van der Waals surface area contributed by atoms with Crippen LogP contribution in [0.2, 0.25) is 0 Å². The van der Waals surface area contributed by atoms with Crippen molar-refractivity contribution in [2.24, 2.45) is 15.5 Å². The largest absolute Gasteiger partial charge is 0.469 e. The predicted molar refractivity (Wildman–Crippen MR) is 127 cm³/mol. The first-order valence-electron chi connectivity index (χ1n) is 10.1. The number of nitrogens with zero attached hydrogens (tertiary/aromatic N) is 2. The van der Waals surface area contributed by atoms with E-state index >= 15 is 0 Å². The van der Waals surface area contributed by atoms with Crippen molar-refractivity contribution >= 4 is 40.0 Å². The number of primary sulfonamides is 1. The summed E-state index contributed by atoms with van der Waals surface area (Å²) in [6.45, 7) is 3.32. The van der Waals surface area contributed by atoms with Crippen LogP contribution in [0.1, 0.15) is 37.0 Å². The van der Waals surface area contributed by atoms with Gasteiger partial charge in [0.25, 0.3) is 0 Å². The molecule has 2 aliphatic rings. The van der Waals surface area contributed by atoms with Crippen LogP contribution in [0.15, 0.2) is 57.0 Å². The molecule has 1 aliphatic heterocycles. The zero-order chi connectivity index (χ0) is 20.3. The summed E-state index contributed by atoms with van der Waals surface area (Å²) in [5.74, 6) is 1.86. The molecule has 1 aromatic carbocycles. The molecule has 1 saturated heterocycles. The second-order valence-corrected chi connectivity index (χ2v) is 9.67. The summed E-state index contributed by atoms with van der Waals surface area (Å²) in [4.78, 5) is 7.31. The third-order valence-electron chi connectivity index (χ3n) is 6.05. The van der Waals surface area contributed by atoms with Crippen molar-refractivity contribution in [2.75, 3.05) is 19.6 Å². The molecule has 4 rings (SSSR count). The van der Waals surface area contributed by atoms with Gasteiger partial charge in [0.15, 0.2) is 5.96 Å². The first-order valence-corrected chi connectivity index (χ1v) is 11.7. The van der Waals surface area contributed by atoms with Crippen LogP contribution in [0, 0.1) is 5.41 Å². The molecule has 2 aromatic rings. The van der Waals surface area contributed by atoms with Gasteiger partial charge in [-0.3, -0.25) is 0 Å². The van der Waals surface area contributed by atoms with Crippen molar-refractivity contribution in [2.45, 2.75) is 43.5 Å². The van der Waals surface area contributed by atoms with Gasteiger partial charge in [0, 0.05) is 26.1 Å². The van der Waals surface area contributed by atoms with Gasteiger partial charge in [0.05, 0.1) is 17.7 Å². The maximum absolute atomic E-state index is 11.4. The average Bonchev–Trinajstić information content (AvgIpc) is 3.34. The predicted octanol–water partition coefficient (Wildman–Crippen LogP) is 3.11. The highest BCUT2D eigenvalue weighted by atomic mass is 127. The molecule has 164 valence electrons. The van der Waals surface area contributed by atoms with Crippen molar-refractivity contribution < 1.29 is 12.8 Å². The quantitative estimate of drug-likeness (QED) is 0.331. The Morgan fingerprint density at radius 2 is 1.97 bits per heavy atom. The first-order chi connectivity index (χ1) is 13.9. The number of halogens is 1. The Balaban J connectivity index is 0.00000256. The molecule has 30 heavy (non-hydrogen) atoms. The summed E-state index contributed by atoms with van der Waals surface area (Å²) in [5, 5.41) is 8.66. The van der Waals surface area contributed by atoms with E-state index in [1.54, 1.807) is 18.4 Å². The zero-order valence-electron chi connectivity index (χ0n) is 16.9. The molecule has 1 spiro atoms. The van der Waals surface area contributed by atoms with Crippen LogP contribution in [0.25, 0.3) is 0 Å². The minimum absolute atomic E-state index is 0. The normalized spacial score (nSPS) is 18.2. The number of nitrogens with two attached hydrogens (primary N) is 1. The Hall–Kier alpha value is -1.59. The third-order valence-corrected chi connectivity index (χ3v) is 6.98. The van der Waals surface area contributed by atoms with Crippen LogP contribution >= 0.6 is 24.0 Å². The van der Waals surface area contributed by atoms with Gasteiger partial charge in [-0.15, -0.1) is 24.0 Å². The molecule has 7 nitrogen and oxygen atoms in total. The van der Waals surface area contributed by atoms with Crippen LogP contribution in [-0.2, 0) is 23.0 Å². The number of aliphatic imine (C=N–C) groups is 1. The number of likely N-dealkylation sites (tertiary alicyclic amines) is 1. The Labute approximate surface area is 195 Å². The molecule has 3 N–H and O–H groups in total. The molecule has 0 bridgehead atoms. The lowest BCUT2D eigenvalue weighted by atomic mass is 9.68. The Morgan fingerprint density at radius 1 is 1.20 bits per heavy atom. The monoisotopic (exact) mass is 544 g/mol. The van der Waals surface area contributed by atoms with Crippen LogP contribution in [0.5, 0.6) is 0 Å². The van der Waals surface area contributed by atoms with E-state index in [2.05, 4.69) is 10.2 Å². The van der Waals surface area contributed by atoms with Gasteiger partial charge in [-0.1, -0.05) is 18.6 Å². The van der Waals surface area contributed by atoms with E-state index in [4.69, 9.17) is 14.5 Å². The summed E-state index contributed by atoms with van der Waals surface area (Å²) in [7, 11) is -3.67. The lowest BCUT2D eigenvalue weighted by Gasteiger charge is -2.38. The van der Waals surface area contributed by atoms with Gasteiger partial charge in [0.2, 0.25) is 10.0 Å². The van der Waals surface area contributed by atoms with E-state index in [0.29, 0.717) is 12.0 Å². The molecule has 0 atom stereocenters. The van der Waals surface area contributed by atoms with E-state index in [9.17, 15) is 8.42 Å². The number of furan rings is 1. The molecule has 1 aromatic heterocycles. The minimum atomic E-state index is -3.67. The summed E-state index contributed by atoms with van der Waals surface area (Å²) < 4.78 is 28.3. The Morgan fingerprint density at radius 3 is 2.53 bits per heavy atom. The van der Waals surface area contributed by atoms with Crippen molar-refractivity contribution in [1.82, 2.24) is 10.2 Å². The summed E-state index contributed by atoms with van der Waals surface area (Å²) >= 11 is 0. The van der Waals surface area contributed by atoms with E-state index in [1.165, 1.54) is 37.8 Å². The topological polar surface area (TPSA) is 101 Å². The van der Waals surface area contributed by atoms with Gasteiger partial charge < -0.3 is 14.6 Å². The number of benzene rings is 1. The molecule has 2 fully saturated rings. The molecule has 2 heterocycles. The summed E-state index contributed by atoms with van der Waals surface area (Å²) in [5.41, 5.74) is 1.43. The fourth-order valence-corrected chi connectivity index (χ4v) is 4.69. The molecular formula is C21H29IN4O3S. The average molecular weight is 544 g/mol. The minimum Gasteiger partial charge on any atom is -0.469 e. The van der Waals surface area contributed by atoms with Gasteiger partial charge in [-0.05, 0) is 54.5 Å². The number of guanidine groups is 1. The van der Waals surface area contributed by atoms with Gasteiger partial charge in [0.1, 0.15) is 5.76 Å². The lowest BCUT2D eigenvalue weighted by molar-refractivity contribution is 0.151. The smallest absolute Gasteiger partial charge is 0.238 e. The Bertz CT molecular complexity index is 955. The maximum atomic E-state index is 11.4. The van der Waals surface area contributed by atoms with Crippen molar-refractivity contribution in [1.29, 1.82) is 0 Å². The van der Waals surface area contributed by atoms with Gasteiger partial charge in [-0.2, -0.15) is 0 Å². The van der Waals surface area contributed by atoms with E-state index in [1.807, 2.05) is 12.1 Å². The second-order valence-electron chi connectivity index (χ2n) is 8.11. The highest BCUT2D eigenvalue weighted by Gasteiger charge is 2.43. The molecule has 0 amide bonds. The molecule has 0 radical (unpaired) electrons. The molecular weight excluding hydrogens is 515 g/mol. The summed E-state index contributed by atoms with van der Waals surface area (Å²) in [6, 6.07) is 10.5. The van der Waals surface area contributed by atoms with Crippen LogP contribution in [-0.4, -0.2) is 38.9 Å². The van der Waals surface area contributed by atoms with Crippen LogP contribution in [0.4, 0.5) is 0 Å². The number of sulfonamides is 1. The van der Waals surface area contributed by atoms with E-state index in [-0.39, 0.29) is 28.9 Å². The van der Waals surface area contributed by atoms with Crippen LogP contribution < -0.4 is 10.5 Å². The fourth-order valence-electron chi connectivity index (χ4n) is 4.17. The third kappa shape index (κ3) is 5.55. The Kier molecular flexibility index (Phi) is 7.46. The first kappa shape index (κ1) is 23.1. The summed E-state index contributed by atoms with van der Waals surface area (Å²) in [6.07, 6.45) is 7.69. The number of rotatable bonds is 6. The molecule has 1 aliphatic carbocycles. The van der Waals surface area contributed by atoms with Crippen molar-refractivity contribution in [3.05, 3.63) is 54.0 Å². The molecule has 9 heteroatoms. The second kappa shape index (κ2) is 9.69.